The smallest absolute Gasteiger partial charge is 0.329 e. The number of aromatic nitrogens is 2. The molecule has 0 aliphatic carbocycles. The van der Waals surface area contributed by atoms with Crippen LogP contribution in [0, 0.1) is 0 Å². The second-order valence-corrected chi connectivity index (χ2v) is 5.26. The molecule has 1 aliphatic heterocycles. The van der Waals surface area contributed by atoms with E-state index in [1.54, 1.807) is 0 Å². The number of H-pyrrole nitrogens is 1. The molecule has 2 heterocycles. The van der Waals surface area contributed by atoms with Gasteiger partial charge in [-0.05, 0) is 12.0 Å². The van der Waals surface area contributed by atoms with Crippen molar-refractivity contribution in [1.82, 2.24) is 9.55 Å². The molecule has 1 saturated heterocycles. The van der Waals surface area contributed by atoms with E-state index in [1.165, 1.54) is 28.6 Å². The lowest BCUT2D eigenvalue weighted by Gasteiger charge is -2.12. The maximum absolute atomic E-state index is 11.6. The van der Waals surface area contributed by atoms with Crippen LogP contribution in [-0.4, -0.2) is 32.6 Å². The Balaban J connectivity index is 2.28. The van der Waals surface area contributed by atoms with E-state index in [4.69, 9.17) is 5.53 Å². The van der Waals surface area contributed by atoms with E-state index < -0.39 is 11.2 Å². The summed E-state index contributed by atoms with van der Waals surface area (Å²) in [5, 5.41) is 12.3. The van der Waals surface area contributed by atoms with Crippen molar-refractivity contribution >= 4 is 11.8 Å². The topological polar surface area (TPSA) is 124 Å². The normalized spacial score (nSPS) is 26.8. The van der Waals surface area contributed by atoms with Gasteiger partial charge in [-0.25, -0.2) is 4.79 Å². The predicted octanol–water partition coefficient (Wildman–Crippen LogP) is 0.212. The third-order valence-electron chi connectivity index (χ3n) is 2.75. The number of nitrogens with zero attached hydrogens (tertiary/aromatic N) is 4. The van der Waals surface area contributed by atoms with Crippen LogP contribution in [0.4, 0.5) is 0 Å². The summed E-state index contributed by atoms with van der Waals surface area (Å²) in [5.74, 6) is 0. The first-order chi connectivity index (χ1) is 8.65. The molecule has 0 saturated carbocycles. The minimum Gasteiger partial charge on any atom is -0.395 e. The molecule has 0 aromatic carbocycles. The molecule has 96 valence electrons. The average molecular weight is 269 g/mol. The summed E-state index contributed by atoms with van der Waals surface area (Å²) in [7, 11) is 0. The monoisotopic (exact) mass is 269 g/mol. The van der Waals surface area contributed by atoms with Crippen LogP contribution in [0.25, 0.3) is 10.4 Å². The van der Waals surface area contributed by atoms with Crippen molar-refractivity contribution < 1.29 is 5.11 Å². The van der Waals surface area contributed by atoms with Gasteiger partial charge in [-0.15, -0.1) is 11.8 Å². The predicted molar refractivity (Wildman–Crippen MR) is 66.4 cm³/mol. The number of aliphatic hydroxyl groups excluding tert-OH is 1. The molecule has 0 bridgehead atoms. The average Bonchev–Trinajstić information content (AvgIpc) is 2.72. The van der Waals surface area contributed by atoms with Gasteiger partial charge in [0.05, 0.1) is 18.0 Å². The van der Waals surface area contributed by atoms with E-state index in [1.807, 2.05) is 0 Å². The Morgan fingerprint density at radius 2 is 2.44 bits per heavy atom. The molecule has 0 unspecified atom stereocenters. The quantitative estimate of drug-likeness (QED) is 0.462. The van der Waals surface area contributed by atoms with E-state index in [-0.39, 0.29) is 23.3 Å². The van der Waals surface area contributed by atoms with Crippen LogP contribution in [0.5, 0.6) is 0 Å². The zero-order valence-corrected chi connectivity index (χ0v) is 10.1. The maximum atomic E-state index is 11.6. The van der Waals surface area contributed by atoms with Gasteiger partial charge in [-0.2, -0.15) is 0 Å². The van der Waals surface area contributed by atoms with E-state index in [0.717, 1.165) is 0 Å². The highest BCUT2D eigenvalue weighted by atomic mass is 32.2. The number of azide groups is 1. The Hall–Kier alpha value is -1.70. The number of thioether (sulfide) groups is 1. The molecule has 2 rings (SSSR count). The van der Waals surface area contributed by atoms with Crippen molar-refractivity contribution in [3.63, 3.8) is 0 Å². The van der Waals surface area contributed by atoms with Crippen molar-refractivity contribution in [2.45, 2.75) is 23.1 Å². The highest BCUT2D eigenvalue weighted by Gasteiger charge is 2.35. The lowest BCUT2D eigenvalue weighted by Crippen LogP contribution is -2.30. The zero-order chi connectivity index (χ0) is 13.1. The standard InChI is InChI=1S/C9H11N5O3S/c10-13-12-5-3-8(18-6(5)4-15)14-2-1-7(16)11-9(14)17/h1-2,5-6,8,15H,3-4H2,(H,11,16,17)/t5-,6+,8-/m0/s1. The molecule has 0 radical (unpaired) electrons. The summed E-state index contributed by atoms with van der Waals surface area (Å²) in [6.45, 7) is -0.122. The molecule has 8 nitrogen and oxygen atoms in total. The minimum atomic E-state index is -0.502. The fourth-order valence-corrected chi connectivity index (χ4v) is 3.33. The number of hydrogen-bond donors (Lipinski definition) is 2. The second-order valence-electron chi connectivity index (χ2n) is 3.84. The van der Waals surface area contributed by atoms with Crippen molar-refractivity contribution in [3.8, 4) is 0 Å². The Bertz CT molecular complexity index is 590. The molecular formula is C9H11N5O3S. The van der Waals surface area contributed by atoms with Gasteiger partial charge in [-0.3, -0.25) is 14.3 Å². The summed E-state index contributed by atoms with van der Waals surface area (Å²) in [6.07, 6.45) is 1.86. The van der Waals surface area contributed by atoms with Crippen LogP contribution in [0.3, 0.4) is 0 Å². The van der Waals surface area contributed by atoms with Crippen molar-refractivity contribution in [2.24, 2.45) is 5.11 Å². The number of aliphatic hydroxyl groups is 1. The third-order valence-corrected chi connectivity index (χ3v) is 4.29. The number of nitrogens with one attached hydrogen (secondary N) is 1. The van der Waals surface area contributed by atoms with Crippen LogP contribution < -0.4 is 11.2 Å². The van der Waals surface area contributed by atoms with Gasteiger partial charge in [0.2, 0.25) is 0 Å². The summed E-state index contributed by atoms with van der Waals surface area (Å²) in [6, 6.07) is 0.908. The van der Waals surface area contributed by atoms with Gasteiger partial charge < -0.3 is 5.11 Å². The fraction of sp³-hybridized carbons (Fsp3) is 0.556. The SMILES string of the molecule is [N-]=[N+]=N[C@H]1C[C@@H](n2ccc(=O)[nH]c2=O)S[C@@H]1CO. The van der Waals surface area contributed by atoms with E-state index >= 15 is 0 Å². The van der Waals surface area contributed by atoms with E-state index in [9.17, 15) is 14.7 Å². The Kier molecular flexibility index (Phi) is 3.75. The van der Waals surface area contributed by atoms with Gasteiger partial charge >= 0.3 is 5.69 Å². The first-order valence-corrected chi connectivity index (χ1v) is 6.22. The van der Waals surface area contributed by atoms with E-state index in [2.05, 4.69) is 15.0 Å². The Morgan fingerprint density at radius 1 is 1.67 bits per heavy atom. The van der Waals surface area contributed by atoms with Gasteiger partial charge in [-0.1, -0.05) is 5.11 Å². The van der Waals surface area contributed by atoms with Gasteiger partial charge in [0.15, 0.2) is 0 Å². The molecular weight excluding hydrogens is 258 g/mol. The molecule has 3 atom stereocenters. The third kappa shape index (κ3) is 2.42. The molecule has 0 spiro atoms. The van der Waals surface area contributed by atoms with Gasteiger partial charge in [0.1, 0.15) is 0 Å². The summed E-state index contributed by atoms with van der Waals surface area (Å²) in [4.78, 5) is 27.5. The Labute approximate surface area is 105 Å². The molecule has 1 fully saturated rings. The molecule has 1 aromatic rings. The zero-order valence-electron chi connectivity index (χ0n) is 9.26. The molecule has 2 N–H and O–H groups in total. The van der Waals surface area contributed by atoms with Gasteiger partial charge in [0, 0.05) is 22.4 Å². The molecule has 9 heteroatoms. The maximum Gasteiger partial charge on any atom is 0.329 e. The lowest BCUT2D eigenvalue weighted by atomic mass is 10.1. The second kappa shape index (κ2) is 5.30. The first-order valence-electron chi connectivity index (χ1n) is 5.27. The molecule has 0 amide bonds. The largest absolute Gasteiger partial charge is 0.395 e. The highest BCUT2D eigenvalue weighted by Crippen LogP contribution is 2.42. The number of aromatic amines is 1. The number of hydrogen-bond acceptors (Lipinski definition) is 5. The molecule has 1 aromatic heterocycles. The Morgan fingerprint density at radius 3 is 3.06 bits per heavy atom. The van der Waals surface area contributed by atoms with Crippen molar-refractivity contribution in [3.05, 3.63) is 43.5 Å². The first kappa shape index (κ1) is 12.7. The molecule has 18 heavy (non-hydrogen) atoms. The summed E-state index contributed by atoms with van der Waals surface area (Å²) in [5.41, 5.74) is 7.48. The van der Waals surface area contributed by atoms with Crippen LogP contribution in [0.2, 0.25) is 0 Å². The number of rotatable bonds is 3. The van der Waals surface area contributed by atoms with Crippen molar-refractivity contribution in [1.29, 1.82) is 0 Å². The van der Waals surface area contributed by atoms with Crippen LogP contribution in [-0.2, 0) is 0 Å². The highest BCUT2D eigenvalue weighted by molar-refractivity contribution is 8.00. The van der Waals surface area contributed by atoms with Gasteiger partial charge in [0.25, 0.3) is 5.56 Å². The van der Waals surface area contributed by atoms with Crippen LogP contribution in [0.15, 0.2) is 27.0 Å². The molecule has 1 aliphatic rings. The summed E-state index contributed by atoms with van der Waals surface area (Å²) < 4.78 is 1.38. The van der Waals surface area contributed by atoms with Crippen LogP contribution >= 0.6 is 11.8 Å². The van der Waals surface area contributed by atoms with Crippen molar-refractivity contribution in [2.75, 3.05) is 6.61 Å². The minimum absolute atomic E-state index is 0.122. The fourth-order valence-electron chi connectivity index (χ4n) is 1.89. The lowest BCUT2D eigenvalue weighted by molar-refractivity contribution is 0.283. The summed E-state index contributed by atoms with van der Waals surface area (Å²) >= 11 is 1.36. The van der Waals surface area contributed by atoms with E-state index in [0.29, 0.717) is 6.42 Å². The van der Waals surface area contributed by atoms with Crippen LogP contribution in [0.1, 0.15) is 11.8 Å².